The van der Waals surface area contributed by atoms with Crippen molar-refractivity contribution in [2.75, 3.05) is 13.1 Å². The van der Waals surface area contributed by atoms with Crippen LogP contribution in [0.25, 0.3) is 0 Å². The van der Waals surface area contributed by atoms with Gasteiger partial charge < -0.3 is 5.11 Å². The SMILES string of the molecule is O=C(O)c1cccc(C2(N3CCCC3)CCCCC2)c1. The molecule has 1 aliphatic heterocycles. The van der Waals surface area contributed by atoms with E-state index in [1.807, 2.05) is 12.1 Å². The van der Waals surface area contributed by atoms with Crippen molar-refractivity contribution in [3.63, 3.8) is 0 Å². The van der Waals surface area contributed by atoms with Gasteiger partial charge >= 0.3 is 5.97 Å². The molecule has 0 spiro atoms. The van der Waals surface area contributed by atoms with Gasteiger partial charge in [-0.25, -0.2) is 4.79 Å². The van der Waals surface area contributed by atoms with Gasteiger partial charge in [0.15, 0.2) is 0 Å². The van der Waals surface area contributed by atoms with Gasteiger partial charge in [-0.15, -0.1) is 0 Å². The zero-order valence-electron chi connectivity index (χ0n) is 12.0. The molecular weight excluding hydrogens is 250 g/mol. The van der Waals surface area contributed by atoms with E-state index in [9.17, 15) is 9.90 Å². The van der Waals surface area contributed by atoms with E-state index in [-0.39, 0.29) is 5.54 Å². The second-order valence-corrected chi connectivity index (χ2v) is 6.17. The lowest BCUT2D eigenvalue weighted by Crippen LogP contribution is -2.46. The summed E-state index contributed by atoms with van der Waals surface area (Å²) < 4.78 is 0. The highest BCUT2D eigenvalue weighted by Gasteiger charge is 2.40. The minimum atomic E-state index is -0.820. The molecule has 0 atom stereocenters. The van der Waals surface area contributed by atoms with Gasteiger partial charge in [-0.05, 0) is 56.5 Å². The Balaban J connectivity index is 2.00. The third-order valence-corrected chi connectivity index (χ3v) is 5.04. The highest BCUT2D eigenvalue weighted by Crippen LogP contribution is 2.44. The number of rotatable bonds is 3. The first-order valence-corrected chi connectivity index (χ1v) is 7.81. The van der Waals surface area contributed by atoms with E-state index >= 15 is 0 Å². The number of carboxylic acids is 1. The Morgan fingerprint density at radius 2 is 1.75 bits per heavy atom. The first-order chi connectivity index (χ1) is 9.72. The third-order valence-electron chi connectivity index (χ3n) is 5.04. The standard InChI is InChI=1S/C17H23NO2/c19-16(20)14-7-6-8-15(13-14)17(9-2-1-3-10-17)18-11-4-5-12-18/h6-8,13H,1-5,9-12H2,(H,19,20). The van der Waals surface area contributed by atoms with Crippen molar-refractivity contribution in [2.45, 2.75) is 50.5 Å². The van der Waals surface area contributed by atoms with Gasteiger partial charge in [-0.2, -0.15) is 0 Å². The van der Waals surface area contributed by atoms with E-state index in [1.54, 1.807) is 6.07 Å². The quantitative estimate of drug-likeness (QED) is 0.914. The smallest absolute Gasteiger partial charge is 0.335 e. The topological polar surface area (TPSA) is 40.5 Å². The lowest BCUT2D eigenvalue weighted by atomic mass is 9.75. The Kier molecular flexibility index (Phi) is 3.79. The van der Waals surface area contributed by atoms with E-state index < -0.39 is 5.97 Å². The summed E-state index contributed by atoms with van der Waals surface area (Å²) in [6.45, 7) is 2.33. The van der Waals surface area contributed by atoms with Crippen LogP contribution in [0.2, 0.25) is 0 Å². The maximum atomic E-state index is 11.2. The monoisotopic (exact) mass is 273 g/mol. The van der Waals surface area contributed by atoms with Crippen LogP contribution in [0.3, 0.4) is 0 Å². The van der Waals surface area contributed by atoms with Crippen LogP contribution in [0, 0.1) is 0 Å². The van der Waals surface area contributed by atoms with Crippen LogP contribution in [-0.4, -0.2) is 29.1 Å². The van der Waals surface area contributed by atoms with Crippen LogP contribution in [0.5, 0.6) is 0 Å². The van der Waals surface area contributed by atoms with Gasteiger partial charge in [0.05, 0.1) is 5.56 Å². The zero-order chi connectivity index (χ0) is 14.0. The first-order valence-electron chi connectivity index (χ1n) is 7.81. The zero-order valence-corrected chi connectivity index (χ0v) is 12.0. The van der Waals surface area contributed by atoms with Crippen LogP contribution >= 0.6 is 0 Å². The number of carbonyl (C=O) groups is 1. The van der Waals surface area contributed by atoms with Gasteiger partial charge in [-0.1, -0.05) is 31.4 Å². The van der Waals surface area contributed by atoms with Crippen molar-refractivity contribution in [3.8, 4) is 0 Å². The Morgan fingerprint density at radius 1 is 1.05 bits per heavy atom. The molecule has 3 heteroatoms. The van der Waals surface area contributed by atoms with Crippen LogP contribution in [0.4, 0.5) is 0 Å². The molecule has 3 nitrogen and oxygen atoms in total. The number of benzene rings is 1. The van der Waals surface area contributed by atoms with Gasteiger partial charge in [0.1, 0.15) is 0 Å². The van der Waals surface area contributed by atoms with Crippen molar-refractivity contribution in [1.29, 1.82) is 0 Å². The molecule has 1 aromatic rings. The lowest BCUT2D eigenvalue weighted by molar-refractivity contribution is 0.0677. The third kappa shape index (κ3) is 2.35. The van der Waals surface area contributed by atoms with E-state index in [4.69, 9.17) is 0 Å². The minimum Gasteiger partial charge on any atom is -0.478 e. The molecule has 0 radical (unpaired) electrons. The van der Waals surface area contributed by atoms with E-state index in [0.717, 1.165) is 13.1 Å². The van der Waals surface area contributed by atoms with Crippen LogP contribution < -0.4 is 0 Å². The molecule has 0 unspecified atom stereocenters. The molecule has 1 aromatic carbocycles. The number of hydrogen-bond acceptors (Lipinski definition) is 2. The summed E-state index contributed by atoms with van der Waals surface area (Å²) in [7, 11) is 0. The van der Waals surface area contributed by atoms with E-state index in [2.05, 4.69) is 11.0 Å². The van der Waals surface area contributed by atoms with Gasteiger partial charge in [0, 0.05) is 5.54 Å². The normalized spacial score (nSPS) is 22.8. The summed E-state index contributed by atoms with van der Waals surface area (Å²) in [4.78, 5) is 13.9. The maximum Gasteiger partial charge on any atom is 0.335 e. The van der Waals surface area contributed by atoms with Gasteiger partial charge in [0.2, 0.25) is 0 Å². The molecule has 1 N–H and O–H groups in total. The summed E-state index contributed by atoms with van der Waals surface area (Å²) in [6, 6.07) is 7.65. The number of hydrogen-bond donors (Lipinski definition) is 1. The van der Waals surface area contributed by atoms with Crippen molar-refractivity contribution < 1.29 is 9.90 Å². The summed E-state index contributed by atoms with van der Waals surface area (Å²) >= 11 is 0. The lowest BCUT2D eigenvalue weighted by Gasteiger charge is -2.45. The first kappa shape index (κ1) is 13.6. The average molecular weight is 273 g/mol. The van der Waals surface area contributed by atoms with E-state index in [0.29, 0.717) is 5.56 Å². The van der Waals surface area contributed by atoms with Gasteiger partial charge in [0.25, 0.3) is 0 Å². The van der Waals surface area contributed by atoms with E-state index in [1.165, 1.54) is 50.5 Å². The summed E-state index contributed by atoms with van der Waals surface area (Å²) in [5.41, 5.74) is 1.74. The van der Waals surface area contributed by atoms with Crippen molar-refractivity contribution in [2.24, 2.45) is 0 Å². The van der Waals surface area contributed by atoms with Crippen molar-refractivity contribution in [3.05, 3.63) is 35.4 Å². The molecule has 20 heavy (non-hydrogen) atoms. The molecule has 0 bridgehead atoms. The van der Waals surface area contributed by atoms with Crippen molar-refractivity contribution >= 4 is 5.97 Å². The second-order valence-electron chi connectivity index (χ2n) is 6.17. The largest absolute Gasteiger partial charge is 0.478 e. The fourth-order valence-electron chi connectivity index (χ4n) is 4.01. The predicted molar refractivity (Wildman–Crippen MR) is 79.0 cm³/mol. The highest BCUT2D eigenvalue weighted by atomic mass is 16.4. The predicted octanol–water partition coefficient (Wildman–Crippen LogP) is 3.64. The molecule has 0 aromatic heterocycles. The molecule has 2 aliphatic rings. The Labute approximate surface area is 120 Å². The fourth-order valence-corrected chi connectivity index (χ4v) is 4.01. The maximum absolute atomic E-state index is 11.2. The Hall–Kier alpha value is -1.35. The fraction of sp³-hybridized carbons (Fsp3) is 0.588. The molecule has 0 amide bonds. The number of nitrogens with zero attached hydrogens (tertiary/aromatic N) is 1. The molecule has 1 heterocycles. The molecule has 1 saturated heterocycles. The molecular formula is C17H23NO2. The molecule has 3 rings (SSSR count). The molecule has 1 aliphatic carbocycles. The van der Waals surface area contributed by atoms with Crippen LogP contribution in [0.1, 0.15) is 60.9 Å². The van der Waals surface area contributed by atoms with Gasteiger partial charge in [-0.3, -0.25) is 4.90 Å². The Morgan fingerprint density at radius 3 is 2.40 bits per heavy atom. The van der Waals surface area contributed by atoms with Crippen molar-refractivity contribution in [1.82, 2.24) is 4.90 Å². The molecule has 1 saturated carbocycles. The Bertz CT molecular complexity index is 486. The number of likely N-dealkylation sites (tertiary alicyclic amines) is 1. The average Bonchev–Trinajstić information content (AvgIpc) is 3.03. The van der Waals surface area contributed by atoms with Crippen LogP contribution in [-0.2, 0) is 5.54 Å². The number of aromatic carboxylic acids is 1. The summed E-state index contributed by atoms with van der Waals surface area (Å²) in [5, 5.41) is 9.24. The molecule has 108 valence electrons. The van der Waals surface area contributed by atoms with Crippen LogP contribution in [0.15, 0.2) is 24.3 Å². The second kappa shape index (κ2) is 5.57. The highest BCUT2D eigenvalue weighted by molar-refractivity contribution is 5.87. The summed E-state index contributed by atoms with van der Waals surface area (Å²) in [6.07, 6.45) is 8.74. The molecule has 2 fully saturated rings. The number of carboxylic acid groups (broad SMARTS) is 1. The summed E-state index contributed by atoms with van der Waals surface area (Å²) in [5.74, 6) is -0.820. The minimum absolute atomic E-state index is 0.0974.